The molecule has 0 fully saturated rings. The average Bonchev–Trinajstić information content (AvgIpc) is 1.69. The van der Waals surface area contributed by atoms with E-state index < -0.39 is 0 Å². The van der Waals surface area contributed by atoms with Gasteiger partial charge in [0.05, 0.1) is 6.61 Å². The normalized spacial score (nSPS) is 9.43. The van der Waals surface area contributed by atoms with E-state index in [-0.39, 0.29) is 0 Å². The predicted octanol–water partition coefficient (Wildman–Crippen LogP) is -0.0868. The van der Waals surface area contributed by atoms with Crippen LogP contribution in [0.1, 0.15) is 6.42 Å². The molecule has 0 aromatic heterocycles. The standard InChI is InChI=1S/C4H11NO2/c1-6-3-2-4-7-5/h2-5H2,1H3. The van der Waals surface area contributed by atoms with Gasteiger partial charge < -0.3 is 9.57 Å². The Morgan fingerprint density at radius 1 is 1.43 bits per heavy atom. The second-order valence-corrected chi connectivity index (χ2v) is 1.22. The van der Waals surface area contributed by atoms with Crippen molar-refractivity contribution >= 4 is 0 Å². The van der Waals surface area contributed by atoms with Crippen molar-refractivity contribution in [3.05, 3.63) is 0 Å². The van der Waals surface area contributed by atoms with Crippen molar-refractivity contribution < 1.29 is 9.57 Å². The molecule has 0 atom stereocenters. The first-order valence-electron chi connectivity index (χ1n) is 2.22. The Balaban J connectivity index is 2.45. The third-order valence-corrected chi connectivity index (χ3v) is 0.611. The molecule has 3 nitrogen and oxygen atoms in total. The molecule has 0 aliphatic carbocycles. The summed E-state index contributed by atoms with van der Waals surface area (Å²) in [5.41, 5.74) is 0. The maximum absolute atomic E-state index is 4.71. The van der Waals surface area contributed by atoms with Crippen LogP contribution in [0.2, 0.25) is 0 Å². The zero-order valence-electron chi connectivity index (χ0n) is 4.52. The summed E-state index contributed by atoms with van der Waals surface area (Å²) in [7, 11) is 1.65. The average molecular weight is 105 g/mol. The van der Waals surface area contributed by atoms with Crippen molar-refractivity contribution in [2.24, 2.45) is 5.90 Å². The monoisotopic (exact) mass is 105 g/mol. The zero-order chi connectivity index (χ0) is 5.54. The lowest BCUT2D eigenvalue weighted by Gasteiger charge is -1.93. The van der Waals surface area contributed by atoms with Gasteiger partial charge in [0.1, 0.15) is 0 Å². The summed E-state index contributed by atoms with van der Waals surface area (Å²) in [6, 6.07) is 0. The van der Waals surface area contributed by atoms with E-state index in [1.54, 1.807) is 7.11 Å². The molecule has 0 saturated carbocycles. The lowest BCUT2D eigenvalue weighted by Crippen LogP contribution is -2.03. The third-order valence-electron chi connectivity index (χ3n) is 0.611. The molecule has 0 rings (SSSR count). The van der Waals surface area contributed by atoms with Crippen LogP contribution in [0.3, 0.4) is 0 Å². The van der Waals surface area contributed by atoms with Gasteiger partial charge in [0.15, 0.2) is 0 Å². The van der Waals surface area contributed by atoms with Gasteiger partial charge in [-0.15, -0.1) is 0 Å². The van der Waals surface area contributed by atoms with Crippen molar-refractivity contribution in [3.8, 4) is 0 Å². The molecular weight excluding hydrogens is 94.0 g/mol. The second-order valence-electron chi connectivity index (χ2n) is 1.22. The van der Waals surface area contributed by atoms with Crippen molar-refractivity contribution in [2.45, 2.75) is 6.42 Å². The van der Waals surface area contributed by atoms with Crippen LogP contribution in [0.4, 0.5) is 0 Å². The predicted molar refractivity (Wildman–Crippen MR) is 26.6 cm³/mol. The zero-order valence-corrected chi connectivity index (χ0v) is 4.52. The first-order chi connectivity index (χ1) is 3.41. The summed E-state index contributed by atoms with van der Waals surface area (Å²) in [4.78, 5) is 4.26. The lowest BCUT2D eigenvalue weighted by atomic mass is 10.5. The highest BCUT2D eigenvalue weighted by molar-refractivity contribution is 4.27. The Kier molecular flexibility index (Phi) is 5.78. The number of ether oxygens (including phenoxy) is 1. The molecule has 0 aliphatic heterocycles. The summed E-state index contributed by atoms with van der Waals surface area (Å²) in [6.45, 7) is 1.30. The van der Waals surface area contributed by atoms with Crippen LogP contribution in [0.15, 0.2) is 0 Å². The molecular formula is C4H11NO2. The van der Waals surface area contributed by atoms with Gasteiger partial charge in [-0.25, -0.2) is 5.90 Å². The first-order valence-corrected chi connectivity index (χ1v) is 2.22. The third kappa shape index (κ3) is 5.88. The lowest BCUT2D eigenvalue weighted by molar-refractivity contribution is 0.104. The SMILES string of the molecule is COCCCON. The molecule has 0 spiro atoms. The first kappa shape index (κ1) is 6.88. The highest BCUT2D eigenvalue weighted by Crippen LogP contribution is 1.76. The Morgan fingerprint density at radius 3 is 2.57 bits per heavy atom. The Bertz CT molecular complexity index is 28.9. The molecule has 0 bridgehead atoms. The van der Waals surface area contributed by atoms with Crippen LogP contribution in [0.25, 0.3) is 0 Å². The fourth-order valence-electron chi connectivity index (χ4n) is 0.287. The van der Waals surface area contributed by atoms with Crippen LogP contribution in [0, 0.1) is 0 Å². The van der Waals surface area contributed by atoms with E-state index in [4.69, 9.17) is 10.6 Å². The topological polar surface area (TPSA) is 44.5 Å². The summed E-state index contributed by atoms with van der Waals surface area (Å²) < 4.78 is 4.71. The molecule has 0 saturated heterocycles. The number of hydrogen-bond donors (Lipinski definition) is 1. The van der Waals surface area contributed by atoms with Crippen LogP contribution in [0.5, 0.6) is 0 Å². The van der Waals surface area contributed by atoms with Gasteiger partial charge in [0.2, 0.25) is 0 Å². The quantitative estimate of drug-likeness (QED) is 0.401. The number of rotatable bonds is 4. The van der Waals surface area contributed by atoms with Gasteiger partial charge in [0.25, 0.3) is 0 Å². The van der Waals surface area contributed by atoms with Crippen molar-refractivity contribution in [3.63, 3.8) is 0 Å². The summed E-state index contributed by atoms with van der Waals surface area (Å²) in [5, 5.41) is 0. The van der Waals surface area contributed by atoms with Gasteiger partial charge in [0, 0.05) is 13.7 Å². The van der Waals surface area contributed by atoms with E-state index in [1.165, 1.54) is 0 Å². The number of nitrogens with two attached hydrogens (primary N) is 1. The molecule has 2 N–H and O–H groups in total. The molecule has 3 heteroatoms. The fraction of sp³-hybridized carbons (Fsp3) is 1.00. The van der Waals surface area contributed by atoms with Crippen molar-refractivity contribution in [2.75, 3.05) is 20.3 Å². The van der Waals surface area contributed by atoms with E-state index in [1.807, 2.05) is 0 Å². The molecule has 0 heterocycles. The minimum atomic E-state index is 0.577. The molecule has 0 aliphatic rings. The van der Waals surface area contributed by atoms with Gasteiger partial charge in [-0.3, -0.25) is 0 Å². The van der Waals surface area contributed by atoms with E-state index in [0.717, 1.165) is 13.0 Å². The van der Waals surface area contributed by atoms with Crippen molar-refractivity contribution in [1.29, 1.82) is 0 Å². The fourth-order valence-corrected chi connectivity index (χ4v) is 0.287. The Hall–Kier alpha value is -0.120. The maximum atomic E-state index is 4.71. The number of methoxy groups -OCH3 is 1. The van der Waals surface area contributed by atoms with Crippen LogP contribution < -0.4 is 5.90 Å². The molecule has 0 radical (unpaired) electrons. The molecule has 0 aromatic rings. The van der Waals surface area contributed by atoms with Crippen LogP contribution in [-0.4, -0.2) is 20.3 Å². The van der Waals surface area contributed by atoms with Crippen LogP contribution >= 0.6 is 0 Å². The molecule has 7 heavy (non-hydrogen) atoms. The summed E-state index contributed by atoms with van der Waals surface area (Å²) >= 11 is 0. The van der Waals surface area contributed by atoms with Gasteiger partial charge in [-0.05, 0) is 6.42 Å². The van der Waals surface area contributed by atoms with E-state index >= 15 is 0 Å². The molecule has 0 aromatic carbocycles. The van der Waals surface area contributed by atoms with Gasteiger partial charge >= 0.3 is 0 Å². The molecule has 0 unspecified atom stereocenters. The second kappa shape index (κ2) is 5.88. The largest absolute Gasteiger partial charge is 0.385 e. The number of hydrogen-bond acceptors (Lipinski definition) is 3. The minimum absolute atomic E-state index is 0.577. The summed E-state index contributed by atoms with van der Waals surface area (Å²) in [5.74, 6) is 4.71. The highest BCUT2D eigenvalue weighted by atomic mass is 16.6. The maximum Gasteiger partial charge on any atom is 0.0701 e. The minimum Gasteiger partial charge on any atom is -0.385 e. The van der Waals surface area contributed by atoms with E-state index in [9.17, 15) is 0 Å². The van der Waals surface area contributed by atoms with E-state index in [0.29, 0.717) is 6.61 Å². The van der Waals surface area contributed by atoms with Gasteiger partial charge in [-0.1, -0.05) is 0 Å². The Labute approximate surface area is 43.4 Å². The summed E-state index contributed by atoms with van der Waals surface area (Å²) in [6.07, 6.45) is 0.868. The Morgan fingerprint density at radius 2 is 2.14 bits per heavy atom. The highest BCUT2D eigenvalue weighted by Gasteiger charge is 1.80. The molecule has 44 valence electrons. The smallest absolute Gasteiger partial charge is 0.0701 e. The molecule has 0 amide bonds. The van der Waals surface area contributed by atoms with E-state index in [2.05, 4.69) is 4.84 Å². The van der Waals surface area contributed by atoms with Crippen molar-refractivity contribution in [1.82, 2.24) is 0 Å². The van der Waals surface area contributed by atoms with Gasteiger partial charge in [-0.2, -0.15) is 0 Å². The van der Waals surface area contributed by atoms with Crippen LogP contribution in [-0.2, 0) is 9.57 Å².